The molecule has 0 N–H and O–H groups in total. The Kier molecular flexibility index (Phi) is 15.6. The molecule has 1 saturated heterocycles. The molecule has 12 nitrogen and oxygen atoms in total. The topological polar surface area (TPSA) is 140 Å². The number of carbonyl (C=O) groups is 6. The molecular formula is C45H57N3O9. The Labute approximate surface area is 336 Å². The Morgan fingerprint density at radius 1 is 0.404 bits per heavy atom. The first kappa shape index (κ1) is 44.2. The molecule has 3 aromatic carbocycles. The predicted molar refractivity (Wildman–Crippen MR) is 214 cm³/mol. The number of carbonyl (C=O) groups excluding carboxylic acids is 6. The largest absolute Gasteiger partial charge is 0.450 e. The summed E-state index contributed by atoms with van der Waals surface area (Å²) < 4.78 is 18.1. The van der Waals surface area contributed by atoms with E-state index < -0.39 is 89.8 Å². The predicted octanol–water partition coefficient (Wildman–Crippen LogP) is 4.91. The maximum atomic E-state index is 14.5. The van der Waals surface area contributed by atoms with Gasteiger partial charge in [-0.25, -0.2) is 14.4 Å². The van der Waals surface area contributed by atoms with Gasteiger partial charge in [0.15, 0.2) is 18.3 Å². The zero-order valence-corrected chi connectivity index (χ0v) is 34.5. The number of hydrogen-bond acceptors (Lipinski definition) is 9. The van der Waals surface area contributed by atoms with Gasteiger partial charge in [0, 0.05) is 40.4 Å². The molecule has 0 spiro atoms. The molecule has 57 heavy (non-hydrogen) atoms. The second-order valence-corrected chi connectivity index (χ2v) is 15.8. The maximum absolute atomic E-state index is 14.5. The summed E-state index contributed by atoms with van der Waals surface area (Å²) in [6, 6.07) is 23.4. The van der Waals surface area contributed by atoms with Crippen LogP contribution in [0.4, 0.5) is 0 Å². The molecular weight excluding hydrogens is 727 g/mol. The lowest BCUT2D eigenvalue weighted by atomic mass is 9.98. The van der Waals surface area contributed by atoms with Gasteiger partial charge in [0.05, 0.1) is 0 Å². The molecule has 6 unspecified atom stereocenters. The van der Waals surface area contributed by atoms with Gasteiger partial charge in [-0.1, -0.05) is 133 Å². The van der Waals surface area contributed by atoms with Crippen molar-refractivity contribution in [3.05, 3.63) is 108 Å². The quantitative estimate of drug-likeness (QED) is 0.219. The summed E-state index contributed by atoms with van der Waals surface area (Å²) in [5.74, 6) is -6.02. The van der Waals surface area contributed by atoms with E-state index in [1.54, 1.807) is 114 Å². The smallest absolute Gasteiger partial charge is 0.329 e. The normalized spacial score (nSPS) is 23.7. The van der Waals surface area contributed by atoms with Gasteiger partial charge in [-0.15, -0.1) is 0 Å². The van der Waals surface area contributed by atoms with Gasteiger partial charge in [-0.3, -0.25) is 14.4 Å². The summed E-state index contributed by atoms with van der Waals surface area (Å²) in [7, 11) is 4.31. The molecule has 0 radical (unpaired) electrons. The number of hydrogen-bond donors (Lipinski definition) is 0. The van der Waals surface area contributed by atoms with Crippen LogP contribution in [0.5, 0.6) is 0 Å². The molecule has 306 valence electrons. The van der Waals surface area contributed by atoms with Crippen LogP contribution in [0.1, 0.15) is 58.2 Å². The van der Waals surface area contributed by atoms with E-state index in [2.05, 4.69) is 0 Å². The third kappa shape index (κ3) is 11.3. The molecule has 3 amide bonds. The molecule has 4 rings (SSSR count). The summed E-state index contributed by atoms with van der Waals surface area (Å²) in [4.78, 5) is 89.9. The Morgan fingerprint density at radius 3 is 0.807 bits per heavy atom. The fourth-order valence-corrected chi connectivity index (χ4v) is 7.38. The number of ether oxygens (including phenoxy) is 3. The van der Waals surface area contributed by atoms with E-state index in [9.17, 15) is 28.8 Å². The minimum absolute atomic E-state index is 0.0250. The Balaban J connectivity index is 1.88. The monoisotopic (exact) mass is 783 g/mol. The van der Waals surface area contributed by atoms with Gasteiger partial charge in [0.25, 0.3) is 17.7 Å². The number of esters is 3. The van der Waals surface area contributed by atoms with Crippen molar-refractivity contribution >= 4 is 35.6 Å². The molecule has 1 aliphatic rings. The first-order valence-electron chi connectivity index (χ1n) is 19.5. The van der Waals surface area contributed by atoms with Gasteiger partial charge in [-0.05, 0) is 34.4 Å². The number of likely N-dealkylation sites (N-methyl/N-ethyl adjacent to an activating group) is 3. The Morgan fingerprint density at radius 2 is 0.614 bits per heavy atom. The second kappa shape index (κ2) is 20.1. The zero-order valence-electron chi connectivity index (χ0n) is 34.5. The van der Waals surface area contributed by atoms with E-state index in [1.807, 2.05) is 18.2 Å². The Hall–Kier alpha value is -5.52. The minimum Gasteiger partial charge on any atom is -0.450 e. The van der Waals surface area contributed by atoms with Crippen molar-refractivity contribution in [1.29, 1.82) is 0 Å². The molecule has 1 heterocycles. The lowest BCUT2D eigenvalue weighted by Gasteiger charge is -2.37. The molecule has 1 fully saturated rings. The number of nitrogens with zero attached hydrogens (tertiary/aromatic N) is 3. The van der Waals surface area contributed by atoms with Crippen molar-refractivity contribution in [2.75, 3.05) is 21.1 Å². The highest BCUT2D eigenvalue weighted by molar-refractivity contribution is 5.94. The molecule has 0 saturated carbocycles. The number of benzene rings is 3. The number of cyclic esters (lactones) is 3. The molecule has 1 aliphatic heterocycles. The van der Waals surface area contributed by atoms with E-state index in [1.165, 1.54) is 35.8 Å². The standard InChI is InChI=1S/C45H57N3O9/c1-28(2)37-43(52)55-35(26-32-21-15-11-16-22-32)41(50)47(8)39(30(5)6)45(54)57-36(27-33-23-17-12-18-24-33)42(51)48(9)38(29(3)4)44(53)56-34(40(49)46(37)7)25-31-19-13-10-14-20-31/h10-24,28-30,34-39H,25-27H2,1-9H3. The van der Waals surface area contributed by atoms with Crippen LogP contribution < -0.4 is 0 Å². The van der Waals surface area contributed by atoms with Crippen LogP contribution >= 0.6 is 0 Å². The highest BCUT2D eigenvalue weighted by Gasteiger charge is 2.44. The minimum atomic E-state index is -1.40. The fraction of sp³-hybridized carbons (Fsp3) is 0.467. The summed E-state index contributed by atoms with van der Waals surface area (Å²) in [6.45, 7) is 10.5. The van der Waals surface area contributed by atoms with E-state index in [0.29, 0.717) is 16.7 Å². The van der Waals surface area contributed by atoms with Gasteiger partial charge >= 0.3 is 17.9 Å². The molecule has 12 heteroatoms. The summed E-state index contributed by atoms with van der Waals surface area (Å²) in [5, 5.41) is 0. The van der Waals surface area contributed by atoms with Crippen LogP contribution in [-0.2, 0) is 62.2 Å². The molecule has 0 aliphatic carbocycles. The fourth-order valence-electron chi connectivity index (χ4n) is 7.38. The maximum Gasteiger partial charge on any atom is 0.329 e. The summed E-state index contributed by atoms with van der Waals surface area (Å²) in [5.41, 5.74) is 2.08. The molecule has 0 bridgehead atoms. The third-order valence-corrected chi connectivity index (χ3v) is 10.3. The molecule has 0 aromatic heterocycles. The van der Waals surface area contributed by atoms with Crippen molar-refractivity contribution in [2.45, 2.75) is 97.2 Å². The van der Waals surface area contributed by atoms with Crippen LogP contribution in [0.3, 0.4) is 0 Å². The summed E-state index contributed by atoms with van der Waals surface area (Å²) in [6.07, 6.45) is -4.28. The average Bonchev–Trinajstić information content (AvgIpc) is 3.16. The van der Waals surface area contributed by atoms with E-state index in [0.717, 1.165) is 0 Å². The van der Waals surface area contributed by atoms with Gasteiger partial charge < -0.3 is 28.9 Å². The SMILES string of the molecule is CC(C)C1C(=O)OC(Cc2ccccc2)C(=O)N(C)C(C(C)C)C(=O)OC(Cc2ccccc2)C(=O)N(C)C(C(C)C)C(=O)OC(Cc2ccccc2)C(=O)N1C. The van der Waals surface area contributed by atoms with Crippen molar-refractivity contribution in [2.24, 2.45) is 17.8 Å². The highest BCUT2D eigenvalue weighted by atomic mass is 16.6. The van der Waals surface area contributed by atoms with E-state index in [-0.39, 0.29) is 19.3 Å². The number of rotatable bonds is 9. The van der Waals surface area contributed by atoms with E-state index in [4.69, 9.17) is 14.2 Å². The van der Waals surface area contributed by atoms with Crippen molar-refractivity contribution < 1.29 is 43.0 Å². The van der Waals surface area contributed by atoms with Crippen LogP contribution in [0.25, 0.3) is 0 Å². The number of amides is 3. The third-order valence-electron chi connectivity index (χ3n) is 10.3. The van der Waals surface area contributed by atoms with Crippen LogP contribution in [0, 0.1) is 17.8 Å². The summed E-state index contributed by atoms with van der Waals surface area (Å²) >= 11 is 0. The first-order chi connectivity index (χ1) is 27.0. The van der Waals surface area contributed by atoms with Gasteiger partial charge in [0.1, 0.15) is 18.1 Å². The van der Waals surface area contributed by atoms with Crippen LogP contribution in [0.2, 0.25) is 0 Å². The zero-order chi connectivity index (χ0) is 42.0. The average molecular weight is 784 g/mol. The lowest BCUT2D eigenvalue weighted by Crippen LogP contribution is -2.57. The van der Waals surface area contributed by atoms with E-state index >= 15 is 0 Å². The van der Waals surface area contributed by atoms with Crippen molar-refractivity contribution in [3.8, 4) is 0 Å². The molecule has 6 atom stereocenters. The van der Waals surface area contributed by atoms with Crippen molar-refractivity contribution in [3.63, 3.8) is 0 Å². The highest BCUT2D eigenvalue weighted by Crippen LogP contribution is 2.24. The van der Waals surface area contributed by atoms with Gasteiger partial charge in [-0.2, -0.15) is 0 Å². The first-order valence-corrected chi connectivity index (χ1v) is 19.5. The van der Waals surface area contributed by atoms with Gasteiger partial charge in [0.2, 0.25) is 0 Å². The Bertz CT molecular complexity index is 1620. The molecule has 3 aromatic rings. The lowest BCUT2D eigenvalue weighted by molar-refractivity contribution is -0.178. The van der Waals surface area contributed by atoms with Crippen molar-refractivity contribution in [1.82, 2.24) is 14.7 Å². The van der Waals surface area contributed by atoms with Crippen LogP contribution in [0.15, 0.2) is 91.0 Å². The van der Waals surface area contributed by atoms with Crippen LogP contribution in [-0.4, -0.2) is 108 Å². The second-order valence-electron chi connectivity index (χ2n) is 15.8.